The van der Waals surface area contributed by atoms with E-state index < -0.39 is 17.8 Å². The number of furan rings is 1. The highest BCUT2D eigenvalue weighted by molar-refractivity contribution is 9.10. The summed E-state index contributed by atoms with van der Waals surface area (Å²) in [6, 6.07) is 11.2. The molecule has 1 heterocycles. The number of halogens is 1. The summed E-state index contributed by atoms with van der Waals surface area (Å²) in [5.74, 6) is -0.0949. The summed E-state index contributed by atoms with van der Waals surface area (Å²) in [4.78, 5) is 36.9. The largest absolute Gasteiger partial charge is 0.493 e. The molecule has 38 heavy (non-hydrogen) atoms. The van der Waals surface area contributed by atoms with Crippen molar-refractivity contribution in [1.82, 2.24) is 10.7 Å². The molecule has 198 valence electrons. The van der Waals surface area contributed by atoms with Gasteiger partial charge in [-0.05, 0) is 48.5 Å². The van der Waals surface area contributed by atoms with Crippen LogP contribution in [0.5, 0.6) is 23.0 Å². The third-order valence-electron chi connectivity index (χ3n) is 4.84. The topological polar surface area (TPSA) is 138 Å². The lowest BCUT2D eigenvalue weighted by Gasteiger charge is -2.14. The van der Waals surface area contributed by atoms with Gasteiger partial charge in [-0.15, -0.1) is 0 Å². The molecule has 0 aliphatic heterocycles. The number of amides is 2. The molecule has 3 rings (SSSR count). The number of carbonyl (C=O) groups excluding carboxylic acids is 3. The van der Waals surface area contributed by atoms with E-state index in [0.717, 1.165) is 0 Å². The summed E-state index contributed by atoms with van der Waals surface area (Å²) in [6.45, 7) is -0.356. The van der Waals surface area contributed by atoms with Gasteiger partial charge in [-0.2, -0.15) is 5.10 Å². The molecule has 2 amide bonds. The molecule has 2 N–H and O–H groups in total. The zero-order valence-corrected chi connectivity index (χ0v) is 22.2. The molecule has 3 aromatic rings. The fraction of sp³-hybridized carbons (Fsp3) is 0.154. The first-order valence-corrected chi connectivity index (χ1v) is 11.8. The van der Waals surface area contributed by atoms with Gasteiger partial charge < -0.3 is 28.7 Å². The molecule has 0 unspecified atom stereocenters. The van der Waals surface area contributed by atoms with E-state index in [4.69, 9.17) is 23.4 Å². The van der Waals surface area contributed by atoms with Gasteiger partial charge >= 0.3 is 5.97 Å². The summed E-state index contributed by atoms with van der Waals surface area (Å²) in [5, 5.41) is 6.38. The fourth-order valence-electron chi connectivity index (χ4n) is 3.08. The Morgan fingerprint density at radius 3 is 2.37 bits per heavy atom. The van der Waals surface area contributed by atoms with Crippen molar-refractivity contribution in [2.45, 2.75) is 0 Å². The van der Waals surface area contributed by atoms with E-state index in [1.807, 2.05) is 0 Å². The molecule has 0 aliphatic rings. The molecule has 12 heteroatoms. The minimum Gasteiger partial charge on any atom is -0.493 e. The molecule has 0 radical (unpaired) electrons. The predicted molar refractivity (Wildman–Crippen MR) is 142 cm³/mol. The molecule has 0 atom stereocenters. The molecule has 0 spiro atoms. The normalized spacial score (nSPS) is 10.8. The van der Waals surface area contributed by atoms with Crippen LogP contribution in [-0.4, -0.2) is 51.9 Å². The van der Waals surface area contributed by atoms with E-state index in [-0.39, 0.29) is 17.9 Å². The van der Waals surface area contributed by atoms with Crippen molar-refractivity contribution in [3.63, 3.8) is 0 Å². The molecule has 0 fully saturated rings. The van der Waals surface area contributed by atoms with Crippen LogP contribution in [0.15, 0.2) is 68.8 Å². The summed E-state index contributed by atoms with van der Waals surface area (Å²) in [6.07, 6.45) is 5.49. The van der Waals surface area contributed by atoms with Crippen LogP contribution >= 0.6 is 15.9 Å². The highest BCUT2D eigenvalue weighted by atomic mass is 79.9. The smallest absolute Gasteiger partial charge is 0.336 e. The van der Waals surface area contributed by atoms with Gasteiger partial charge in [0.15, 0.2) is 11.5 Å². The third-order valence-corrected chi connectivity index (χ3v) is 5.33. The lowest BCUT2D eigenvalue weighted by molar-refractivity contribution is -0.129. The Labute approximate surface area is 226 Å². The van der Waals surface area contributed by atoms with Crippen LogP contribution in [0.4, 0.5) is 0 Å². The van der Waals surface area contributed by atoms with Crippen molar-refractivity contribution in [2.75, 3.05) is 27.9 Å². The first-order valence-electron chi connectivity index (χ1n) is 11.0. The molecule has 0 aliphatic carbocycles. The van der Waals surface area contributed by atoms with Crippen LogP contribution in [0.3, 0.4) is 0 Å². The van der Waals surface area contributed by atoms with Crippen molar-refractivity contribution < 1.29 is 37.7 Å². The van der Waals surface area contributed by atoms with Crippen LogP contribution in [0.2, 0.25) is 0 Å². The Hall–Kier alpha value is -4.58. The van der Waals surface area contributed by atoms with Crippen LogP contribution in [0.1, 0.15) is 21.7 Å². The lowest BCUT2D eigenvalue weighted by Crippen LogP contribution is -2.35. The SMILES string of the molecule is COc1cc(C(=O)NCC(=O)NN=Cc2cc(Br)ccc2OC(=O)C=Cc2ccco2)cc(OC)c1OC. The van der Waals surface area contributed by atoms with E-state index in [0.29, 0.717) is 33.0 Å². The van der Waals surface area contributed by atoms with Gasteiger partial charge in [-0.25, -0.2) is 10.2 Å². The average Bonchev–Trinajstić information content (AvgIpc) is 3.45. The summed E-state index contributed by atoms with van der Waals surface area (Å²) >= 11 is 3.34. The van der Waals surface area contributed by atoms with Crippen LogP contribution in [-0.2, 0) is 9.59 Å². The predicted octanol–water partition coefficient (Wildman–Crippen LogP) is 3.57. The number of nitrogens with zero attached hydrogens (tertiary/aromatic N) is 1. The summed E-state index contributed by atoms with van der Waals surface area (Å²) < 4.78 is 26.9. The number of hydrazone groups is 1. The second-order valence-electron chi connectivity index (χ2n) is 7.34. The number of ether oxygens (including phenoxy) is 4. The van der Waals surface area contributed by atoms with E-state index >= 15 is 0 Å². The first-order chi connectivity index (χ1) is 18.3. The van der Waals surface area contributed by atoms with Gasteiger partial charge in [0.25, 0.3) is 11.8 Å². The number of carbonyl (C=O) groups is 3. The van der Waals surface area contributed by atoms with Crippen LogP contribution in [0.25, 0.3) is 6.08 Å². The number of rotatable bonds is 11. The van der Waals surface area contributed by atoms with E-state index in [2.05, 4.69) is 31.8 Å². The average molecular weight is 586 g/mol. The van der Waals surface area contributed by atoms with Crippen molar-refractivity contribution in [2.24, 2.45) is 5.10 Å². The van der Waals surface area contributed by atoms with E-state index in [1.165, 1.54) is 58.1 Å². The van der Waals surface area contributed by atoms with E-state index in [1.54, 1.807) is 30.3 Å². The zero-order valence-electron chi connectivity index (χ0n) is 20.6. The molecule has 0 saturated heterocycles. The van der Waals surface area contributed by atoms with Gasteiger partial charge in [0.2, 0.25) is 5.75 Å². The van der Waals surface area contributed by atoms with Crippen molar-refractivity contribution in [3.05, 3.63) is 76.2 Å². The maximum absolute atomic E-state index is 12.5. The van der Waals surface area contributed by atoms with Gasteiger partial charge in [-0.1, -0.05) is 15.9 Å². The molecule has 0 saturated carbocycles. The Bertz CT molecular complexity index is 1330. The Morgan fingerprint density at radius 2 is 1.74 bits per heavy atom. The minimum absolute atomic E-state index is 0.206. The molecule has 2 aromatic carbocycles. The number of methoxy groups -OCH3 is 3. The van der Waals surface area contributed by atoms with Crippen LogP contribution < -0.4 is 29.7 Å². The summed E-state index contributed by atoms with van der Waals surface area (Å²) in [5.41, 5.74) is 2.93. The van der Waals surface area contributed by atoms with Gasteiger partial charge in [0.1, 0.15) is 11.5 Å². The summed E-state index contributed by atoms with van der Waals surface area (Å²) in [7, 11) is 4.31. The maximum Gasteiger partial charge on any atom is 0.336 e. The van der Waals surface area contributed by atoms with Crippen molar-refractivity contribution >= 4 is 46.0 Å². The molecular weight excluding hydrogens is 562 g/mol. The minimum atomic E-state index is -0.628. The number of nitrogens with one attached hydrogen (secondary N) is 2. The second kappa shape index (κ2) is 13.7. The van der Waals surface area contributed by atoms with Gasteiger partial charge in [-0.3, -0.25) is 9.59 Å². The molecular formula is C26H24BrN3O8. The number of esters is 1. The maximum atomic E-state index is 12.5. The highest BCUT2D eigenvalue weighted by Crippen LogP contribution is 2.38. The fourth-order valence-corrected chi connectivity index (χ4v) is 3.46. The second-order valence-corrected chi connectivity index (χ2v) is 8.26. The molecule has 11 nitrogen and oxygen atoms in total. The lowest BCUT2D eigenvalue weighted by atomic mass is 10.1. The molecule has 0 bridgehead atoms. The number of benzene rings is 2. The Kier molecular flexibility index (Phi) is 10.1. The van der Waals surface area contributed by atoms with Gasteiger partial charge in [0, 0.05) is 21.7 Å². The zero-order chi connectivity index (χ0) is 27.5. The number of hydrogen-bond donors (Lipinski definition) is 2. The van der Waals surface area contributed by atoms with E-state index in [9.17, 15) is 14.4 Å². The molecule has 1 aromatic heterocycles. The Balaban J connectivity index is 1.58. The third kappa shape index (κ3) is 7.71. The quantitative estimate of drug-likeness (QED) is 0.114. The number of hydrogen-bond acceptors (Lipinski definition) is 9. The van der Waals surface area contributed by atoms with Crippen molar-refractivity contribution in [3.8, 4) is 23.0 Å². The van der Waals surface area contributed by atoms with Crippen LogP contribution in [0, 0.1) is 0 Å². The highest BCUT2D eigenvalue weighted by Gasteiger charge is 2.17. The first kappa shape index (κ1) is 28.0. The standard InChI is InChI=1S/C26H24BrN3O8/c1-34-21-12-16(13-22(35-2)25(21)36-3)26(33)28-15-23(31)30-29-14-17-11-18(27)6-8-20(17)38-24(32)9-7-19-5-4-10-37-19/h4-14H,15H2,1-3H3,(H,28,33)(H,30,31). The monoisotopic (exact) mass is 585 g/mol. The Morgan fingerprint density at radius 1 is 1.00 bits per heavy atom. The van der Waals surface area contributed by atoms with Gasteiger partial charge in [0.05, 0.1) is 40.4 Å². The van der Waals surface area contributed by atoms with Crippen molar-refractivity contribution in [1.29, 1.82) is 0 Å².